The molecule has 1 rings (SSSR count). The SMILES string of the molecule is NC(N)=NCc1ccc[c]([In])c1. The fourth-order valence-electron chi connectivity index (χ4n) is 0.874. The van der Waals surface area contributed by atoms with Gasteiger partial charge in [-0.05, 0) is 0 Å². The van der Waals surface area contributed by atoms with Crippen LogP contribution in [0.15, 0.2) is 29.3 Å². The number of hydrogen-bond acceptors (Lipinski definition) is 1. The Morgan fingerprint density at radius 1 is 1.42 bits per heavy atom. The molecule has 12 heavy (non-hydrogen) atoms. The van der Waals surface area contributed by atoms with Crippen molar-refractivity contribution in [1.82, 2.24) is 0 Å². The molecular formula is C8H10InN3. The van der Waals surface area contributed by atoms with Gasteiger partial charge >= 0.3 is 86.5 Å². The Hall–Kier alpha value is -0.640. The third-order valence-corrected chi connectivity index (χ3v) is 2.42. The second-order valence-electron chi connectivity index (χ2n) is 2.49. The van der Waals surface area contributed by atoms with Gasteiger partial charge in [-0.3, -0.25) is 0 Å². The zero-order valence-electron chi connectivity index (χ0n) is 6.70. The van der Waals surface area contributed by atoms with Crippen LogP contribution in [-0.4, -0.2) is 30.3 Å². The minimum atomic E-state index is 0.146. The van der Waals surface area contributed by atoms with Gasteiger partial charge in [0.25, 0.3) is 0 Å². The maximum absolute atomic E-state index is 5.21. The molecule has 0 aliphatic heterocycles. The first-order valence-corrected chi connectivity index (χ1v) is 5.23. The first-order valence-electron chi connectivity index (χ1n) is 3.58. The van der Waals surface area contributed by atoms with Gasteiger partial charge in [-0.1, -0.05) is 0 Å². The molecule has 0 heterocycles. The fraction of sp³-hybridized carbons (Fsp3) is 0.125. The van der Waals surface area contributed by atoms with E-state index >= 15 is 0 Å². The molecule has 0 atom stereocenters. The van der Waals surface area contributed by atoms with E-state index in [-0.39, 0.29) is 5.96 Å². The van der Waals surface area contributed by atoms with Crippen LogP contribution < -0.4 is 14.8 Å². The van der Waals surface area contributed by atoms with Crippen LogP contribution in [0.1, 0.15) is 5.56 Å². The third-order valence-electron chi connectivity index (χ3n) is 1.40. The normalized spacial score (nSPS) is 9.33. The van der Waals surface area contributed by atoms with Crippen molar-refractivity contribution in [2.75, 3.05) is 0 Å². The van der Waals surface area contributed by atoms with Gasteiger partial charge in [-0.25, -0.2) is 0 Å². The Bertz CT molecular complexity index is 292. The van der Waals surface area contributed by atoms with Crippen molar-refractivity contribution in [1.29, 1.82) is 0 Å². The summed E-state index contributed by atoms with van der Waals surface area (Å²) in [4.78, 5) is 3.92. The molecule has 4 N–H and O–H groups in total. The van der Waals surface area contributed by atoms with Gasteiger partial charge in [0.05, 0.1) is 0 Å². The van der Waals surface area contributed by atoms with E-state index in [9.17, 15) is 0 Å². The van der Waals surface area contributed by atoms with Gasteiger partial charge in [0.2, 0.25) is 0 Å². The first kappa shape index (κ1) is 9.45. The summed E-state index contributed by atoms with van der Waals surface area (Å²) in [6, 6.07) is 8.26. The molecule has 0 saturated carbocycles. The van der Waals surface area contributed by atoms with E-state index in [1.54, 1.807) is 0 Å². The second kappa shape index (κ2) is 4.40. The number of rotatable bonds is 2. The van der Waals surface area contributed by atoms with Crippen LogP contribution in [-0.2, 0) is 6.54 Å². The summed E-state index contributed by atoms with van der Waals surface area (Å²) >= 11 is 1.13. The summed E-state index contributed by atoms with van der Waals surface area (Å²) in [6.07, 6.45) is 0. The molecule has 0 fully saturated rings. The first-order chi connectivity index (χ1) is 5.68. The van der Waals surface area contributed by atoms with Gasteiger partial charge < -0.3 is 0 Å². The Morgan fingerprint density at radius 2 is 2.17 bits per heavy atom. The number of benzene rings is 1. The molecule has 2 radical (unpaired) electrons. The summed E-state index contributed by atoms with van der Waals surface area (Å²) < 4.78 is 1.35. The van der Waals surface area contributed by atoms with E-state index in [0.717, 1.165) is 29.9 Å². The molecule has 0 saturated heterocycles. The van der Waals surface area contributed by atoms with Crippen molar-refractivity contribution in [2.24, 2.45) is 16.5 Å². The molecule has 1 aromatic rings. The second-order valence-corrected chi connectivity index (χ2v) is 4.39. The van der Waals surface area contributed by atoms with E-state index in [1.807, 2.05) is 12.1 Å². The van der Waals surface area contributed by atoms with Crippen LogP contribution in [0.3, 0.4) is 0 Å². The van der Waals surface area contributed by atoms with E-state index in [4.69, 9.17) is 11.5 Å². The van der Waals surface area contributed by atoms with Gasteiger partial charge in [0.1, 0.15) is 0 Å². The maximum atomic E-state index is 5.21. The molecule has 0 aromatic heterocycles. The van der Waals surface area contributed by atoms with Crippen LogP contribution in [0.5, 0.6) is 0 Å². The summed E-state index contributed by atoms with van der Waals surface area (Å²) in [5.41, 5.74) is 11.6. The average Bonchev–Trinajstić information content (AvgIpc) is 2.01. The quantitative estimate of drug-likeness (QED) is 0.545. The molecule has 1 aromatic carbocycles. The van der Waals surface area contributed by atoms with Crippen molar-refractivity contribution in [3.8, 4) is 0 Å². The molecule has 60 valence electrons. The van der Waals surface area contributed by atoms with Gasteiger partial charge in [0, 0.05) is 0 Å². The zero-order chi connectivity index (χ0) is 8.97. The van der Waals surface area contributed by atoms with E-state index in [1.165, 1.54) is 3.32 Å². The zero-order valence-corrected chi connectivity index (χ0v) is 9.99. The molecule has 4 heteroatoms. The van der Waals surface area contributed by atoms with Crippen LogP contribution >= 0.6 is 0 Å². The summed E-state index contributed by atoms with van der Waals surface area (Å²) in [5.74, 6) is 0.146. The fourth-order valence-corrected chi connectivity index (χ4v) is 1.80. The van der Waals surface area contributed by atoms with Crippen LogP contribution in [0.2, 0.25) is 0 Å². The number of hydrogen-bond donors (Lipinski definition) is 2. The Morgan fingerprint density at radius 3 is 2.75 bits per heavy atom. The molecule has 0 unspecified atom stereocenters. The predicted molar refractivity (Wildman–Crippen MR) is 51.3 cm³/mol. The van der Waals surface area contributed by atoms with Crippen molar-refractivity contribution >= 4 is 33.7 Å². The number of aliphatic imine (C=N–C) groups is 1. The molecule has 0 aliphatic rings. The van der Waals surface area contributed by atoms with Crippen molar-refractivity contribution in [2.45, 2.75) is 6.54 Å². The van der Waals surface area contributed by atoms with Crippen molar-refractivity contribution in [3.05, 3.63) is 29.8 Å². The average molecular weight is 263 g/mol. The van der Waals surface area contributed by atoms with Crippen LogP contribution in [0, 0.1) is 0 Å². The summed E-state index contributed by atoms with van der Waals surface area (Å²) in [6.45, 7) is 0.580. The monoisotopic (exact) mass is 263 g/mol. The number of nitrogens with zero attached hydrogens (tertiary/aromatic N) is 1. The number of guanidine groups is 1. The van der Waals surface area contributed by atoms with Crippen LogP contribution in [0.25, 0.3) is 0 Å². The Labute approximate surface area is 86.4 Å². The predicted octanol–water partition coefficient (Wildman–Crippen LogP) is -0.746. The molecule has 0 bridgehead atoms. The topological polar surface area (TPSA) is 64.4 Å². The van der Waals surface area contributed by atoms with Crippen molar-refractivity contribution < 1.29 is 0 Å². The Kier molecular flexibility index (Phi) is 3.47. The molecular weight excluding hydrogens is 253 g/mol. The van der Waals surface area contributed by atoms with Crippen molar-refractivity contribution in [3.63, 3.8) is 0 Å². The molecule has 0 amide bonds. The molecule has 0 spiro atoms. The minimum absolute atomic E-state index is 0.146. The Balaban J connectivity index is 2.70. The molecule has 3 nitrogen and oxygen atoms in total. The standard InChI is InChI=1S/C8H10N3.In/c9-8(10)11-6-7-4-2-1-3-5-7;/h1-2,4-5H,6H2,(H4,9,10,11);. The van der Waals surface area contributed by atoms with E-state index in [2.05, 4.69) is 17.1 Å². The molecule has 0 aliphatic carbocycles. The summed E-state index contributed by atoms with van der Waals surface area (Å²) in [5, 5.41) is 0. The van der Waals surface area contributed by atoms with E-state index < -0.39 is 0 Å². The number of nitrogens with two attached hydrogens (primary N) is 2. The van der Waals surface area contributed by atoms with Gasteiger partial charge in [-0.15, -0.1) is 0 Å². The van der Waals surface area contributed by atoms with Gasteiger partial charge in [-0.2, -0.15) is 0 Å². The summed E-state index contributed by atoms with van der Waals surface area (Å²) in [7, 11) is 0. The van der Waals surface area contributed by atoms with E-state index in [0.29, 0.717) is 6.54 Å². The van der Waals surface area contributed by atoms with Crippen LogP contribution in [0.4, 0.5) is 0 Å². The third kappa shape index (κ3) is 3.17. The van der Waals surface area contributed by atoms with Gasteiger partial charge in [0.15, 0.2) is 0 Å².